The minimum atomic E-state index is -0.500. The van der Waals surface area contributed by atoms with Crippen LogP contribution in [0.2, 0.25) is 0 Å². The molecule has 0 spiro atoms. The van der Waals surface area contributed by atoms with E-state index >= 15 is 0 Å². The molecule has 7 nitrogen and oxygen atoms in total. The normalized spacial score (nSPS) is 10.5. The summed E-state index contributed by atoms with van der Waals surface area (Å²) in [4.78, 5) is 24.3. The molecule has 0 saturated carbocycles. The molecule has 0 radical (unpaired) electrons. The molecule has 156 valence electrons. The summed E-state index contributed by atoms with van der Waals surface area (Å²) < 4.78 is 6.52. The molecule has 0 aliphatic carbocycles. The summed E-state index contributed by atoms with van der Waals surface area (Å²) in [6.07, 6.45) is 1.23. The van der Waals surface area contributed by atoms with E-state index in [2.05, 4.69) is 16.7 Å². The van der Waals surface area contributed by atoms with Gasteiger partial charge in [-0.3, -0.25) is 4.79 Å². The molecule has 2 N–H and O–H groups in total. The van der Waals surface area contributed by atoms with Crippen LogP contribution in [0.25, 0.3) is 16.9 Å². The number of carbonyl (C=O) groups excluding carboxylic acids is 2. The van der Waals surface area contributed by atoms with Gasteiger partial charge in [-0.25, -0.2) is 9.48 Å². The summed E-state index contributed by atoms with van der Waals surface area (Å²) in [5.41, 5.74) is 5.06. The average molecular weight is 406 g/mol. The van der Waals surface area contributed by atoms with Crippen molar-refractivity contribution in [3.63, 3.8) is 0 Å². The van der Waals surface area contributed by atoms with Gasteiger partial charge in [-0.05, 0) is 38.5 Å². The SMILES string of the molecule is CCOC(=O)NCCNC(=O)c1cn(-c2ccccc2)nc1-c1ccc(C)cc1C. The van der Waals surface area contributed by atoms with Crippen molar-refractivity contribution in [2.75, 3.05) is 19.7 Å². The second-order valence-electron chi connectivity index (χ2n) is 6.89. The predicted octanol–water partition coefficient (Wildman–Crippen LogP) is 3.63. The third-order valence-corrected chi connectivity index (χ3v) is 4.57. The van der Waals surface area contributed by atoms with Crippen molar-refractivity contribution in [3.05, 3.63) is 71.4 Å². The molecule has 0 aliphatic heterocycles. The highest BCUT2D eigenvalue weighted by Crippen LogP contribution is 2.27. The van der Waals surface area contributed by atoms with Crippen molar-refractivity contribution >= 4 is 12.0 Å². The van der Waals surface area contributed by atoms with Crippen LogP contribution in [0.4, 0.5) is 4.79 Å². The van der Waals surface area contributed by atoms with E-state index in [1.165, 1.54) is 0 Å². The van der Waals surface area contributed by atoms with E-state index in [9.17, 15) is 9.59 Å². The van der Waals surface area contributed by atoms with Gasteiger partial charge in [-0.15, -0.1) is 0 Å². The van der Waals surface area contributed by atoms with Gasteiger partial charge < -0.3 is 15.4 Å². The number of hydrogen-bond acceptors (Lipinski definition) is 4. The first-order chi connectivity index (χ1) is 14.5. The number of rotatable bonds is 7. The molecule has 3 aromatic rings. The first kappa shape index (κ1) is 21.1. The fraction of sp³-hybridized carbons (Fsp3) is 0.261. The number of alkyl carbamates (subject to hydrolysis) is 1. The van der Waals surface area contributed by atoms with Gasteiger partial charge in [-0.1, -0.05) is 42.0 Å². The third-order valence-electron chi connectivity index (χ3n) is 4.57. The predicted molar refractivity (Wildman–Crippen MR) is 116 cm³/mol. The molecular weight excluding hydrogens is 380 g/mol. The first-order valence-electron chi connectivity index (χ1n) is 9.91. The van der Waals surface area contributed by atoms with Crippen LogP contribution >= 0.6 is 0 Å². The molecule has 0 unspecified atom stereocenters. The number of nitrogens with one attached hydrogen (secondary N) is 2. The molecule has 3 rings (SSSR count). The summed E-state index contributed by atoms with van der Waals surface area (Å²) in [6, 6.07) is 15.7. The van der Waals surface area contributed by atoms with E-state index < -0.39 is 6.09 Å². The van der Waals surface area contributed by atoms with Gasteiger partial charge in [0, 0.05) is 24.8 Å². The van der Waals surface area contributed by atoms with Gasteiger partial charge in [0.1, 0.15) is 5.69 Å². The molecule has 2 amide bonds. The number of benzene rings is 2. The molecule has 0 saturated heterocycles. The fourth-order valence-corrected chi connectivity index (χ4v) is 3.15. The minimum Gasteiger partial charge on any atom is -0.450 e. The van der Waals surface area contributed by atoms with Crippen LogP contribution in [0, 0.1) is 13.8 Å². The molecule has 0 atom stereocenters. The van der Waals surface area contributed by atoms with Gasteiger partial charge in [0.15, 0.2) is 0 Å². The van der Waals surface area contributed by atoms with Crippen LogP contribution < -0.4 is 10.6 Å². The Kier molecular flexibility index (Phi) is 6.85. The fourth-order valence-electron chi connectivity index (χ4n) is 3.15. The van der Waals surface area contributed by atoms with E-state index in [1.54, 1.807) is 17.8 Å². The highest BCUT2D eigenvalue weighted by atomic mass is 16.5. The number of para-hydroxylation sites is 1. The van der Waals surface area contributed by atoms with Gasteiger partial charge in [-0.2, -0.15) is 5.10 Å². The minimum absolute atomic E-state index is 0.252. The van der Waals surface area contributed by atoms with Gasteiger partial charge in [0.2, 0.25) is 0 Å². The molecule has 7 heteroatoms. The van der Waals surface area contributed by atoms with Crippen LogP contribution in [0.3, 0.4) is 0 Å². The second-order valence-corrected chi connectivity index (χ2v) is 6.89. The first-order valence-corrected chi connectivity index (χ1v) is 9.91. The number of carbonyl (C=O) groups is 2. The van der Waals surface area contributed by atoms with Gasteiger partial charge in [0.05, 0.1) is 17.9 Å². The Morgan fingerprint density at radius 1 is 1.03 bits per heavy atom. The number of ether oxygens (including phenoxy) is 1. The summed E-state index contributed by atoms with van der Waals surface area (Å²) >= 11 is 0. The number of aryl methyl sites for hydroxylation is 2. The summed E-state index contributed by atoms with van der Waals surface area (Å²) in [6.45, 7) is 6.63. The topological polar surface area (TPSA) is 85.3 Å². The molecule has 0 fully saturated rings. The van der Waals surface area contributed by atoms with Crippen LogP contribution in [-0.4, -0.2) is 41.5 Å². The Bertz CT molecular complexity index is 1030. The van der Waals surface area contributed by atoms with Crippen molar-refractivity contribution in [1.29, 1.82) is 0 Å². The summed E-state index contributed by atoms with van der Waals surface area (Å²) in [5, 5.41) is 10.1. The zero-order valence-electron chi connectivity index (χ0n) is 17.4. The van der Waals surface area contributed by atoms with Crippen LogP contribution in [0.1, 0.15) is 28.4 Å². The van der Waals surface area contributed by atoms with Gasteiger partial charge >= 0.3 is 6.09 Å². The molecule has 0 bridgehead atoms. The zero-order valence-corrected chi connectivity index (χ0v) is 17.4. The Morgan fingerprint density at radius 3 is 2.47 bits per heavy atom. The lowest BCUT2D eigenvalue weighted by atomic mass is 10.0. The lowest BCUT2D eigenvalue weighted by molar-refractivity contribution is 0.0953. The summed E-state index contributed by atoms with van der Waals surface area (Å²) in [5.74, 6) is -0.252. The van der Waals surface area contributed by atoms with Crippen molar-refractivity contribution in [1.82, 2.24) is 20.4 Å². The highest BCUT2D eigenvalue weighted by Gasteiger charge is 2.19. The molecule has 1 aromatic heterocycles. The van der Waals surface area contributed by atoms with Gasteiger partial charge in [0.25, 0.3) is 5.91 Å². The lowest BCUT2D eigenvalue weighted by Gasteiger charge is -2.09. The quantitative estimate of drug-likeness (QED) is 0.587. The molecular formula is C23H26N4O3. The Labute approximate surface area is 176 Å². The van der Waals surface area contributed by atoms with E-state index in [0.717, 1.165) is 22.4 Å². The third kappa shape index (κ3) is 5.05. The van der Waals surface area contributed by atoms with Crippen molar-refractivity contribution < 1.29 is 14.3 Å². The Balaban J connectivity index is 1.85. The molecule has 1 heterocycles. The maximum absolute atomic E-state index is 12.9. The zero-order chi connectivity index (χ0) is 21.5. The van der Waals surface area contributed by atoms with E-state index in [4.69, 9.17) is 9.84 Å². The molecule has 0 aliphatic rings. The highest BCUT2D eigenvalue weighted by molar-refractivity contribution is 6.00. The van der Waals surface area contributed by atoms with Crippen LogP contribution in [0.5, 0.6) is 0 Å². The lowest BCUT2D eigenvalue weighted by Crippen LogP contribution is -2.35. The summed E-state index contributed by atoms with van der Waals surface area (Å²) in [7, 11) is 0. The van der Waals surface area contributed by atoms with E-state index in [1.807, 2.05) is 56.3 Å². The largest absolute Gasteiger partial charge is 0.450 e. The van der Waals surface area contributed by atoms with Crippen molar-refractivity contribution in [2.45, 2.75) is 20.8 Å². The monoisotopic (exact) mass is 406 g/mol. The average Bonchev–Trinajstić information content (AvgIpc) is 3.17. The van der Waals surface area contributed by atoms with Crippen LogP contribution in [-0.2, 0) is 4.74 Å². The van der Waals surface area contributed by atoms with Crippen molar-refractivity contribution in [3.8, 4) is 16.9 Å². The smallest absolute Gasteiger partial charge is 0.407 e. The van der Waals surface area contributed by atoms with E-state index in [0.29, 0.717) is 17.9 Å². The second kappa shape index (κ2) is 9.73. The van der Waals surface area contributed by atoms with Crippen LogP contribution in [0.15, 0.2) is 54.7 Å². The van der Waals surface area contributed by atoms with Crippen molar-refractivity contribution in [2.24, 2.45) is 0 Å². The maximum atomic E-state index is 12.9. The number of aromatic nitrogens is 2. The number of amides is 2. The standard InChI is InChI=1S/C23H26N4O3/c1-4-30-23(29)25-13-12-24-22(28)20-15-27(18-8-6-5-7-9-18)26-21(20)19-11-10-16(2)14-17(19)3/h5-11,14-15H,4,12-13H2,1-3H3,(H,24,28)(H,25,29). The molecule has 30 heavy (non-hydrogen) atoms. The molecule has 2 aromatic carbocycles. The number of hydrogen-bond donors (Lipinski definition) is 2. The maximum Gasteiger partial charge on any atom is 0.407 e. The van der Waals surface area contributed by atoms with E-state index in [-0.39, 0.29) is 19.0 Å². The Hall–Kier alpha value is -3.61. The Morgan fingerprint density at radius 2 is 1.77 bits per heavy atom. The number of nitrogens with zero attached hydrogens (tertiary/aromatic N) is 2.